The zero-order valence-corrected chi connectivity index (χ0v) is 19.2. The van der Waals surface area contributed by atoms with Gasteiger partial charge in [0.2, 0.25) is 11.8 Å². The Bertz CT molecular complexity index is 918. The molecule has 1 aromatic carbocycles. The van der Waals surface area contributed by atoms with Crippen LogP contribution in [0.5, 0.6) is 0 Å². The molecule has 0 saturated carbocycles. The predicted molar refractivity (Wildman–Crippen MR) is 117 cm³/mol. The summed E-state index contributed by atoms with van der Waals surface area (Å²) in [6, 6.07) is 4.61. The summed E-state index contributed by atoms with van der Waals surface area (Å²) in [4.78, 5) is 52.0. The van der Waals surface area contributed by atoms with Crippen LogP contribution in [-0.4, -0.2) is 56.6 Å². The third-order valence-electron chi connectivity index (χ3n) is 6.07. The van der Waals surface area contributed by atoms with Crippen molar-refractivity contribution in [2.75, 3.05) is 0 Å². The Hall–Kier alpha value is -2.55. The third kappa shape index (κ3) is 4.15. The molecule has 3 rings (SSSR count). The number of hydrogen-bond donors (Lipinski definition) is 3. The van der Waals surface area contributed by atoms with Crippen molar-refractivity contribution in [1.29, 1.82) is 0 Å². The van der Waals surface area contributed by atoms with Gasteiger partial charge in [-0.05, 0) is 38.3 Å². The standard InChI is InChI=1S/C22H29N3O5S/c1-6-11(2)15(17(26)23-12(3)21(29)30)24-18(27)16-22(4,5)31-20-14-10-8-7-9-13(14)19(28)25(16)20/h7-12,15-16,20H,6H2,1-5H3,(H,23,26)(H,24,27)(H,29,30)/t11-,12+,15-,16-,20-/m0/s1. The first kappa shape index (κ1) is 23.1. The molecule has 8 nitrogen and oxygen atoms in total. The Balaban J connectivity index is 1.85. The number of nitrogens with zero attached hydrogens (tertiary/aromatic N) is 1. The van der Waals surface area contributed by atoms with E-state index in [1.807, 2.05) is 39.8 Å². The Morgan fingerprint density at radius 1 is 1.19 bits per heavy atom. The number of aliphatic carboxylic acids is 1. The summed E-state index contributed by atoms with van der Waals surface area (Å²) in [5.74, 6) is -2.52. The molecule has 31 heavy (non-hydrogen) atoms. The number of amides is 3. The van der Waals surface area contributed by atoms with Crippen LogP contribution in [-0.2, 0) is 14.4 Å². The average molecular weight is 448 g/mol. The molecule has 0 aromatic heterocycles. The van der Waals surface area contributed by atoms with Crippen molar-refractivity contribution in [2.45, 2.75) is 69.3 Å². The van der Waals surface area contributed by atoms with E-state index in [-0.39, 0.29) is 17.2 Å². The van der Waals surface area contributed by atoms with Gasteiger partial charge in [-0.25, -0.2) is 0 Å². The minimum absolute atomic E-state index is 0.192. The van der Waals surface area contributed by atoms with Crippen molar-refractivity contribution in [3.8, 4) is 0 Å². The monoisotopic (exact) mass is 447 g/mol. The van der Waals surface area contributed by atoms with E-state index < -0.39 is 40.7 Å². The Kier molecular flexibility index (Phi) is 6.36. The Morgan fingerprint density at radius 3 is 2.45 bits per heavy atom. The molecule has 1 fully saturated rings. The first-order valence-corrected chi connectivity index (χ1v) is 11.3. The molecule has 2 aliphatic heterocycles. The molecule has 2 heterocycles. The van der Waals surface area contributed by atoms with Crippen molar-refractivity contribution in [3.63, 3.8) is 0 Å². The van der Waals surface area contributed by atoms with Crippen LogP contribution in [0.25, 0.3) is 0 Å². The van der Waals surface area contributed by atoms with Gasteiger partial charge < -0.3 is 20.6 Å². The molecule has 0 bridgehead atoms. The number of hydrogen-bond acceptors (Lipinski definition) is 5. The van der Waals surface area contributed by atoms with E-state index in [0.717, 1.165) is 5.56 Å². The van der Waals surface area contributed by atoms with Crippen molar-refractivity contribution < 1.29 is 24.3 Å². The second-order valence-electron chi connectivity index (χ2n) is 8.72. The molecule has 3 amide bonds. The van der Waals surface area contributed by atoms with Gasteiger partial charge in [0.25, 0.3) is 5.91 Å². The van der Waals surface area contributed by atoms with Gasteiger partial charge in [0.05, 0.1) is 0 Å². The SMILES string of the molecule is CC[C@H](C)[C@H](NC(=O)[C@@H]1N2C(=O)c3ccccc3[C@@H]2SC1(C)C)C(=O)N[C@H](C)C(=O)O. The van der Waals surface area contributed by atoms with Gasteiger partial charge in [0.15, 0.2) is 0 Å². The highest BCUT2D eigenvalue weighted by atomic mass is 32.2. The molecule has 0 radical (unpaired) electrons. The highest BCUT2D eigenvalue weighted by Gasteiger charge is 2.57. The van der Waals surface area contributed by atoms with Gasteiger partial charge in [-0.15, -0.1) is 11.8 Å². The van der Waals surface area contributed by atoms with Crippen molar-refractivity contribution in [2.24, 2.45) is 5.92 Å². The van der Waals surface area contributed by atoms with Gasteiger partial charge in [-0.1, -0.05) is 38.5 Å². The zero-order chi connectivity index (χ0) is 23.1. The van der Waals surface area contributed by atoms with E-state index in [0.29, 0.717) is 12.0 Å². The molecule has 1 aromatic rings. The number of carboxylic acids is 1. The molecular weight excluding hydrogens is 418 g/mol. The molecule has 0 spiro atoms. The summed E-state index contributed by atoms with van der Waals surface area (Å²) in [7, 11) is 0. The van der Waals surface area contributed by atoms with Crippen molar-refractivity contribution in [3.05, 3.63) is 35.4 Å². The molecule has 9 heteroatoms. The lowest BCUT2D eigenvalue weighted by Gasteiger charge is -2.32. The quantitative estimate of drug-likeness (QED) is 0.590. The number of thioether (sulfide) groups is 1. The van der Waals surface area contributed by atoms with E-state index in [4.69, 9.17) is 5.11 Å². The lowest BCUT2D eigenvalue weighted by atomic mass is 9.95. The number of nitrogens with one attached hydrogen (secondary N) is 2. The van der Waals surface area contributed by atoms with Crippen LogP contribution in [0, 0.1) is 5.92 Å². The zero-order valence-electron chi connectivity index (χ0n) is 18.3. The van der Waals surface area contributed by atoms with Crippen LogP contribution in [0.15, 0.2) is 24.3 Å². The van der Waals surface area contributed by atoms with Gasteiger partial charge in [-0.3, -0.25) is 19.2 Å². The van der Waals surface area contributed by atoms with Crippen LogP contribution in [0.4, 0.5) is 0 Å². The second-order valence-corrected chi connectivity index (χ2v) is 10.5. The van der Waals surface area contributed by atoms with E-state index in [2.05, 4.69) is 10.6 Å². The van der Waals surface area contributed by atoms with Crippen LogP contribution in [0.3, 0.4) is 0 Å². The molecule has 1 saturated heterocycles. The van der Waals surface area contributed by atoms with E-state index in [1.165, 1.54) is 6.92 Å². The highest BCUT2D eigenvalue weighted by molar-refractivity contribution is 8.01. The molecule has 5 atom stereocenters. The maximum absolute atomic E-state index is 13.4. The molecule has 2 aliphatic rings. The van der Waals surface area contributed by atoms with Crippen molar-refractivity contribution >= 4 is 35.5 Å². The Labute approximate surface area is 186 Å². The van der Waals surface area contributed by atoms with E-state index >= 15 is 0 Å². The highest BCUT2D eigenvalue weighted by Crippen LogP contribution is 2.56. The first-order chi connectivity index (χ1) is 14.5. The van der Waals surface area contributed by atoms with Crippen molar-refractivity contribution in [1.82, 2.24) is 15.5 Å². The van der Waals surface area contributed by atoms with Crippen LogP contribution < -0.4 is 10.6 Å². The molecule has 168 valence electrons. The number of carbonyl (C=O) groups is 4. The molecule has 0 unspecified atom stereocenters. The summed E-state index contributed by atoms with van der Waals surface area (Å²) in [6.45, 7) is 8.92. The third-order valence-corrected chi connectivity index (χ3v) is 7.60. The van der Waals surface area contributed by atoms with E-state index in [9.17, 15) is 19.2 Å². The predicted octanol–water partition coefficient (Wildman–Crippen LogP) is 2.16. The number of fused-ring (bicyclic) bond motifs is 3. The lowest BCUT2D eigenvalue weighted by Crippen LogP contribution is -2.59. The fraction of sp³-hybridized carbons (Fsp3) is 0.545. The average Bonchev–Trinajstić information content (AvgIpc) is 3.14. The normalized spacial score (nSPS) is 24.0. The fourth-order valence-corrected chi connectivity index (χ4v) is 5.69. The minimum Gasteiger partial charge on any atom is -0.480 e. The maximum atomic E-state index is 13.4. The minimum atomic E-state index is -1.15. The Morgan fingerprint density at radius 2 is 1.84 bits per heavy atom. The lowest BCUT2D eigenvalue weighted by molar-refractivity contribution is -0.142. The van der Waals surface area contributed by atoms with Gasteiger partial charge in [0.1, 0.15) is 23.5 Å². The topological polar surface area (TPSA) is 116 Å². The van der Waals surface area contributed by atoms with E-state index in [1.54, 1.807) is 28.8 Å². The summed E-state index contributed by atoms with van der Waals surface area (Å²) in [5.41, 5.74) is 1.49. The summed E-state index contributed by atoms with van der Waals surface area (Å²) >= 11 is 1.55. The van der Waals surface area contributed by atoms with Crippen LogP contribution in [0.2, 0.25) is 0 Å². The van der Waals surface area contributed by atoms with Crippen LogP contribution >= 0.6 is 11.8 Å². The first-order valence-electron chi connectivity index (χ1n) is 10.4. The molecule has 0 aliphatic carbocycles. The fourth-order valence-electron chi connectivity index (χ4n) is 4.10. The molecule has 3 N–H and O–H groups in total. The number of rotatable bonds is 7. The van der Waals surface area contributed by atoms with Gasteiger partial charge >= 0.3 is 5.97 Å². The smallest absolute Gasteiger partial charge is 0.325 e. The van der Waals surface area contributed by atoms with Gasteiger partial charge in [-0.2, -0.15) is 0 Å². The summed E-state index contributed by atoms with van der Waals surface area (Å²) in [6.07, 6.45) is 0.610. The van der Waals surface area contributed by atoms with Gasteiger partial charge in [0, 0.05) is 10.3 Å². The summed E-state index contributed by atoms with van der Waals surface area (Å²) in [5, 5.41) is 14.1. The number of carbonyl (C=O) groups excluding carboxylic acids is 3. The molecular formula is C22H29N3O5S. The maximum Gasteiger partial charge on any atom is 0.325 e. The largest absolute Gasteiger partial charge is 0.480 e. The van der Waals surface area contributed by atoms with Crippen LogP contribution in [0.1, 0.15) is 62.3 Å². The summed E-state index contributed by atoms with van der Waals surface area (Å²) < 4.78 is -0.567. The second kappa shape index (κ2) is 8.53. The number of carboxylic acid groups (broad SMARTS) is 1. The number of benzene rings is 1.